The summed E-state index contributed by atoms with van der Waals surface area (Å²) < 4.78 is 5.18. The van der Waals surface area contributed by atoms with Gasteiger partial charge in [0.25, 0.3) is 0 Å². The Hall–Kier alpha value is -2.82. The van der Waals surface area contributed by atoms with E-state index >= 15 is 0 Å². The Bertz CT molecular complexity index is 779. The zero-order valence-corrected chi connectivity index (χ0v) is 16.7. The van der Waals surface area contributed by atoms with Crippen molar-refractivity contribution in [1.29, 1.82) is 0 Å². The zero-order valence-electron chi connectivity index (χ0n) is 16.7. The molecule has 0 spiro atoms. The standard InChI is InChI=1S/C22H28N2O3/c1-15-10-16(2)12-19(11-15)13-21(25)24(17(3)22(26)23-4)14-18-6-8-20(27-5)9-7-18/h6-12,17H,13-14H2,1-5H3,(H,23,26)/t17-/m0/s1. The van der Waals surface area contributed by atoms with Crippen molar-refractivity contribution in [3.05, 3.63) is 64.7 Å². The summed E-state index contributed by atoms with van der Waals surface area (Å²) in [6.07, 6.45) is 0.264. The molecule has 0 fully saturated rings. The Kier molecular flexibility index (Phi) is 6.99. The van der Waals surface area contributed by atoms with Crippen molar-refractivity contribution in [3.63, 3.8) is 0 Å². The number of benzene rings is 2. The molecular weight excluding hydrogens is 340 g/mol. The maximum absolute atomic E-state index is 13.0. The number of aryl methyl sites for hydroxylation is 2. The molecule has 2 aromatic carbocycles. The molecule has 5 nitrogen and oxygen atoms in total. The van der Waals surface area contributed by atoms with E-state index in [2.05, 4.69) is 11.4 Å². The summed E-state index contributed by atoms with van der Waals surface area (Å²) in [7, 11) is 3.20. The van der Waals surface area contributed by atoms with Crippen LogP contribution in [-0.4, -0.2) is 36.9 Å². The van der Waals surface area contributed by atoms with E-state index < -0.39 is 6.04 Å². The van der Waals surface area contributed by atoms with Gasteiger partial charge in [0.1, 0.15) is 11.8 Å². The lowest BCUT2D eigenvalue weighted by Crippen LogP contribution is -2.47. The minimum absolute atomic E-state index is 0.0769. The number of ether oxygens (including phenoxy) is 1. The van der Waals surface area contributed by atoms with Gasteiger partial charge < -0.3 is 15.0 Å². The molecule has 2 amide bonds. The first-order valence-electron chi connectivity index (χ1n) is 9.05. The van der Waals surface area contributed by atoms with E-state index in [-0.39, 0.29) is 18.2 Å². The van der Waals surface area contributed by atoms with Crippen molar-refractivity contribution < 1.29 is 14.3 Å². The number of methoxy groups -OCH3 is 1. The summed E-state index contributed by atoms with van der Waals surface area (Å²) in [5.41, 5.74) is 4.15. The van der Waals surface area contributed by atoms with Crippen molar-refractivity contribution >= 4 is 11.8 Å². The molecule has 0 bridgehead atoms. The number of rotatable bonds is 7. The highest BCUT2D eigenvalue weighted by atomic mass is 16.5. The van der Waals surface area contributed by atoms with E-state index in [4.69, 9.17) is 4.74 Å². The van der Waals surface area contributed by atoms with Crippen LogP contribution in [0.25, 0.3) is 0 Å². The summed E-state index contributed by atoms with van der Waals surface area (Å²) in [5, 5.41) is 2.63. The Morgan fingerprint density at radius 2 is 1.63 bits per heavy atom. The highest BCUT2D eigenvalue weighted by molar-refractivity contribution is 5.88. The molecule has 0 aliphatic heterocycles. The molecule has 0 radical (unpaired) electrons. The van der Waals surface area contributed by atoms with E-state index in [1.165, 1.54) is 0 Å². The molecule has 2 aromatic rings. The van der Waals surface area contributed by atoms with Gasteiger partial charge in [-0.15, -0.1) is 0 Å². The van der Waals surface area contributed by atoms with Crippen molar-refractivity contribution in [2.45, 2.75) is 39.8 Å². The second kappa shape index (κ2) is 9.21. The van der Waals surface area contributed by atoms with Crippen LogP contribution in [0.4, 0.5) is 0 Å². The lowest BCUT2D eigenvalue weighted by atomic mass is 10.0. The molecular formula is C22H28N2O3. The second-order valence-electron chi connectivity index (χ2n) is 6.83. The van der Waals surface area contributed by atoms with Gasteiger partial charge in [0.05, 0.1) is 13.5 Å². The quantitative estimate of drug-likeness (QED) is 0.817. The first-order chi connectivity index (χ1) is 12.8. The minimum atomic E-state index is -0.560. The van der Waals surface area contributed by atoms with E-state index in [1.807, 2.05) is 50.2 Å². The smallest absolute Gasteiger partial charge is 0.242 e. The molecule has 0 saturated carbocycles. The summed E-state index contributed by atoms with van der Waals surface area (Å²) in [4.78, 5) is 26.9. The monoisotopic (exact) mass is 368 g/mol. The normalized spacial score (nSPS) is 11.6. The molecule has 0 unspecified atom stereocenters. The molecule has 144 valence electrons. The molecule has 1 N–H and O–H groups in total. The number of hydrogen-bond donors (Lipinski definition) is 1. The SMILES string of the molecule is CNC(=O)[C@H](C)N(Cc1ccc(OC)cc1)C(=O)Cc1cc(C)cc(C)c1. The highest BCUT2D eigenvalue weighted by Crippen LogP contribution is 2.17. The van der Waals surface area contributed by atoms with Crippen LogP contribution in [0.15, 0.2) is 42.5 Å². The van der Waals surface area contributed by atoms with E-state index in [0.717, 1.165) is 28.0 Å². The van der Waals surface area contributed by atoms with Crippen LogP contribution in [0.5, 0.6) is 5.75 Å². The largest absolute Gasteiger partial charge is 0.497 e. The summed E-state index contributed by atoms with van der Waals surface area (Å²) >= 11 is 0. The Morgan fingerprint density at radius 1 is 1.04 bits per heavy atom. The van der Waals surface area contributed by atoms with Crippen LogP contribution >= 0.6 is 0 Å². The van der Waals surface area contributed by atoms with E-state index in [9.17, 15) is 9.59 Å². The van der Waals surface area contributed by atoms with Gasteiger partial charge >= 0.3 is 0 Å². The predicted molar refractivity (Wildman–Crippen MR) is 107 cm³/mol. The number of carbonyl (C=O) groups excluding carboxylic acids is 2. The van der Waals surface area contributed by atoms with Gasteiger partial charge in [-0.3, -0.25) is 9.59 Å². The number of nitrogens with zero attached hydrogens (tertiary/aromatic N) is 1. The maximum atomic E-state index is 13.0. The molecule has 0 aliphatic rings. The molecule has 1 atom stereocenters. The van der Waals surface area contributed by atoms with Crippen molar-refractivity contribution in [2.75, 3.05) is 14.2 Å². The Balaban J connectivity index is 2.24. The molecule has 27 heavy (non-hydrogen) atoms. The zero-order chi connectivity index (χ0) is 20.0. The topological polar surface area (TPSA) is 58.6 Å². The molecule has 0 saturated heterocycles. The van der Waals surface area contributed by atoms with Gasteiger partial charge in [-0.1, -0.05) is 41.5 Å². The van der Waals surface area contributed by atoms with E-state index in [0.29, 0.717) is 6.54 Å². The Labute approximate surface area is 161 Å². The van der Waals surface area contributed by atoms with Gasteiger partial charge in [0, 0.05) is 13.6 Å². The second-order valence-corrected chi connectivity index (χ2v) is 6.83. The fourth-order valence-corrected chi connectivity index (χ4v) is 3.17. The molecule has 0 aliphatic carbocycles. The number of carbonyl (C=O) groups is 2. The molecule has 0 heterocycles. The summed E-state index contributed by atoms with van der Waals surface area (Å²) in [6, 6.07) is 13.1. The van der Waals surface area contributed by atoms with Crippen molar-refractivity contribution in [1.82, 2.24) is 10.2 Å². The highest BCUT2D eigenvalue weighted by Gasteiger charge is 2.25. The van der Waals surface area contributed by atoms with E-state index in [1.54, 1.807) is 26.0 Å². The lowest BCUT2D eigenvalue weighted by molar-refractivity contribution is -0.139. The Morgan fingerprint density at radius 3 is 2.15 bits per heavy atom. The summed E-state index contributed by atoms with van der Waals surface area (Å²) in [5.74, 6) is 0.496. The van der Waals surface area contributed by atoms with Crippen LogP contribution in [0.1, 0.15) is 29.2 Å². The average molecular weight is 368 g/mol. The predicted octanol–water partition coefficient (Wildman–Crippen LogP) is 3.02. The molecule has 5 heteroatoms. The third-order valence-electron chi connectivity index (χ3n) is 4.56. The van der Waals surface area contributed by atoms with Crippen molar-refractivity contribution in [3.8, 4) is 5.75 Å². The fraction of sp³-hybridized carbons (Fsp3) is 0.364. The average Bonchev–Trinajstić information content (AvgIpc) is 2.64. The minimum Gasteiger partial charge on any atom is -0.497 e. The van der Waals surface area contributed by atoms with Crippen molar-refractivity contribution in [2.24, 2.45) is 0 Å². The van der Waals surface area contributed by atoms with Crippen LogP contribution in [0, 0.1) is 13.8 Å². The maximum Gasteiger partial charge on any atom is 0.242 e. The van der Waals surface area contributed by atoms with Gasteiger partial charge in [0.2, 0.25) is 11.8 Å². The third kappa shape index (κ3) is 5.58. The van der Waals surface area contributed by atoms with Crippen LogP contribution in [-0.2, 0) is 22.6 Å². The van der Waals surface area contributed by atoms with Crippen LogP contribution in [0.2, 0.25) is 0 Å². The molecule has 0 aromatic heterocycles. The first-order valence-corrected chi connectivity index (χ1v) is 9.05. The third-order valence-corrected chi connectivity index (χ3v) is 4.56. The van der Waals surface area contributed by atoms with Gasteiger partial charge in [-0.2, -0.15) is 0 Å². The first kappa shape index (κ1) is 20.5. The van der Waals surface area contributed by atoms with Gasteiger partial charge in [-0.05, 0) is 44.0 Å². The van der Waals surface area contributed by atoms with Crippen LogP contribution < -0.4 is 10.1 Å². The molecule has 2 rings (SSSR count). The summed E-state index contributed by atoms with van der Waals surface area (Å²) in [6.45, 7) is 6.15. The van der Waals surface area contributed by atoms with Gasteiger partial charge in [0.15, 0.2) is 0 Å². The number of nitrogens with one attached hydrogen (secondary N) is 1. The van der Waals surface area contributed by atoms with Crippen LogP contribution in [0.3, 0.4) is 0 Å². The number of hydrogen-bond acceptors (Lipinski definition) is 3. The lowest BCUT2D eigenvalue weighted by Gasteiger charge is -2.28. The van der Waals surface area contributed by atoms with Gasteiger partial charge in [-0.25, -0.2) is 0 Å². The fourth-order valence-electron chi connectivity index (χ4n) is 3.17. The number of likely N-dealkylation sites (N-methyl/N-ethyl adjacent to an activating group) is 1. The number of amides is 2.